The number of ketones is 1. The van der Waals surface area contributed by atoms with Gasteiger partial charge in [-0.25, -0.2) is 4.79 Å². The molecule has 0 spiro atoms. The molecule has 0 saturated heterocycles. The van der Waals surface area contributed by atoms with Gasteiger partial charge in [0, 0.05) is 24.0 Å². The number of hydrogen-bond donors (Lipinski definition) is 0. The lowest BCUT2D eigenvalue weighted by atomic mass is 10.2. The molecule has 1 aromatic heterocycles. The maximum absolute atomic E-state index is 11.8. The summed E-state index contributed by atoms with van der Waals surface area (Å²) >= 11 is 0. The maximum Gasteiger partial charge on any atom is 0.345 e. The summed E-state index contributed by atoms with van der Waals surface area (Å²) in [6.07, 6.45) is 2.86. The van der Waals surface area contributed by atoms with E-state index in [2.05, 4.69) is 4.98 Å². The summed E-state index contributed by atoms with van der Waals surface area (Å²) in [7, 11) is 0. The number of nitrogens with zero attached hydrogens (tertiary/aromatic N) is 2. The molecule has 0 saturated carbocycles. The zero-order chi connectivity index (χ0) is 15.2. The molecule has 2 aromatic rings. The summed E-state index contributed by atoms with van der Waals surface area (Å²) in [5.74, 6) is -1.35. The minimum absolute atomic E-state index is 0.193. The average molecular weight is 286 g/mol. The highest BCUT2D eigenvalue weighted by atomic mass is 16.6. The fourth-order valence-electron chi connectivity index (χ4n) is 1.63. The van der Waals surface area contributed by atoms with Gasteiger partial charge in [0.25, 0.3) is 5.69 Å². The Morgan fingerprint density at radius 3 is 2.62 bits per heavy atom. The van der Waals surface area contributed by atoms with E-state index in [1.807, 2.05) is 0 Å². The van der Waals surface area contributed by atoms with Crippen molar-refractivity contribution >= 4 is 17.4 Å². The van der Waals surface area contributed by atoms with Crippen LogP contribution in [0, 0.1) is 10.1 Å². The van der Waals surface area contributed by atoms with Gasteiger partial charge in [-0.2, -0.15) is 0 Å². The third-order valence-corrected chi connectivity index (χ3v) is 2.64. The van der Waals surface area contributed by atoms with Crippen LogP contribution in [0.1, 0.15) is 20.7 Å². The highest BCUT2D eigenvalue weighted by Crippen LogP contribution is 2.18. The molecule has 0 fully saturated rings. The first-order valence-electron chi connectivity index (χ1n) is 5.93. The van der Waals surface area contributed by atoms with Gasteiger partial charge in [-0.1, -0.05) is 12.1 Å². The van der Waals surface area contributed by atoms with Crippen LogP contribution in [-0.4, -0.2) is 28.3 Å². The minimum atomic E-state index is -0.917. The monoisotopic (exact) mass is 286 g/mol. The Morgan fingerprint density at radius 1 is 1.19 bits per heavy atom. The third-order valence-electron chi connectivity index (χ3n) is 2.64. The molecule has 0 N–H and O–H groups in total. The zero-order valence-electron chi connectivity index (χ0n) is 10.8. The fourth-order valence-corrected chi connectivity index (χ4v) is 1.63. The number of ether oxygens (including phenoxy) is 1. The van der Waals surface area contributed by atoms with Crippen molar-refractivity contribution in [3.8, 4) is 0 Å². The van der Waals surface area contributed by atoms with E-state index < -0.39 is 23.3 Å². The molecule has 106 valence electrons. The van der Waals surface area contributed by atoms with E-state index in [-0.39, 0.29) is 11.3 Å². The summed E-state index contributed by atoms with van der Waals surface area (Å²) in [6, 6.07) is 8.50. The average Bonchev–Trinajstić information content (AvgIpc) is 2.53. The van der Waals surface area contributed by atoms with Crippen molar-refractivity contribution in [1.29, 1.82) is 0 Å². The molecular weight excluding hydrogens is 276 g/mol. The second kappa shape index (κ2) is 6.38. The topological polar surface area (TPSA) is 99.4 Å². The van der Waals surface area contributed by atoms with Gasteiger partial charge in [-0.15, -0.1) is 0 Å². The normalized spacial score (nSPS) is 9.90. The molecule has 2 rings (SSSR count). The predicted molar refractivity (Wildman–Crippen MR) is 71.9 cm³/mol. The Bertz CT molecular complexity index is 685. The summed E-state index contributed by atoms with van der Waals surface area (Å²) in [5.41, 5.74) is -0.259. The van der Waals surface area contributed by atoms with Crippen LogP contribution in [0.25, 0.3) is 0 Å². The number of Topliss-reactive ketones (excluding diaryl/α,β-unsaturated/α-hetero) is 1. The van der Waals surface area contributed by atoms with Gasteiger partial charge in [0.1, 0.15) is 5.56 Å². The number of benzene rings is 1. The predicted octanol–water partition coefficient (Wildman–Crippen LogP) is 2.03. The SMILES string of the molecule is O=C(COC(=O)c1ccccc1[N+](=O)[O-])c1cccnc1. The summed E-state index contributed by atoms with van der Waals surface area (Å²) in [6.45, 7) is -0.503. The molecule has 0 unspecified atom stereocenters. The van der Waals surface area contributed by atoms with Crippen molar-refractivity contribution in [3.63, 3.8) is 0 Å². The number of nitro groups is 1. The van der Waals surface area contributed by atoms with Crippen LogP contribution >= 0.6 is 0 Å². The van der Waals surface area contributed by atoms with Gasteiger partial charge < -0.3 is 4.74 Å². The van der Waals surface area contributed by atoms with E-state index >= 15 is 0 Å². The molecule has 0 bridgehead atoms. The minimum Gasteiger partial charge on any atom is -0.454 e. The van der Waals surface area contributed by atoms with Crippen molar-refractivity contribution in [1.82, 2.24) is 4.98 Å². The van der Waals surface area contributed by atoms with Crippen LogP contribution in [-0.2, 0) is 4.74 Å². The Hall–Kier alpha value is -3.09. The highest BCUT2D eigenvalue weighted by molar-refractivity contribution is 6.00. The molecule has 7 nitrogen and oxygen atoms in total. The zero-order valence-corrected chi connectivity index (χ0v) is 10.8. The van der Waals surface area contributed by atoms with E-state index in [1.165, 1.54) is 42.7 Å². The lowest BCUT2D eigenvalue weighted by Gasteiger charge is -2.04. The van der Waals surface area contributed by atoms with Gasteiger partial charge in [0.15, 0.2) is 6.61 Å². The van der Waals surface area contributed by atoms with Crippen LogP contribution in [0.4, 0.5) is 5.69 Å². The molecule has 0 aliphatic rings. The van der Waals surface area contributed by atoms with Gasteiger partial charge in [-0.05, 0) is 18.2 Å². The van der Waals surface area contributed by atoms with Gasteiger partial charge in [-0.3, -0.25) is 19.9 Å². The summed E-state index contributed by atoms with van der Waals surface area (Å²) < 4.78 is 4.81. The van der Waals surface area contributed by atoms with Gasteiger partial charge in [0.05, 0.1) is 4.92 Å². The second-order valence-corrected chi connectivity index (χ2v) is 4.02. The Labute approximate surface area is 119 Å². The summed E-state index contributed by atoms with van der Waals surface area (Å²) in [4.78, 5) is 37.5. The molecule has 0 aliphatic carbocycles. The molecule has 0 aliphatic heterocycles. The van der Waals surface area contributed by atoms with Gasteiger partial charge >= 0.3 is 5.97 Å². The molecule has 0 radical (unpaired) electrons. The number of esters is 1. The number of aromatic nitrogens is 1. The second-order valence-electron chi connectivity index (χ2n) is 4.02. The first kappa shape index (κ1) is 14.3. The van der Waals surface area contributed by atoms with Crippen molar-refractivity contribution < 1.29 is 19.2 Å². The molecule has 1 aromatic carbocycles. The van der Waals surface area contributed by atoms with Crippen molar-refractivity contribution in [2.45, 2.75) is 0 Å². The van der Waals surface area contributed by atoms with E-state index in [0.29, 0.717) is 5.56 Å². The number of pyridine rings is 1. The highest BCUT2D eigenvalue weighted by Gasteiger charge is 2.21. The number of rotatable bonds is 5. The standard InChI is InChI=1S/C14H10N2O5/c17-13(10-4-3-7-15-8-10)9-21-14(18)11-5-1-2-6-12(11)16(19)20/h1-8H,9H2. The Morgan fingerprint density at radius 2 is 1.95 bits per heavy atom. The summed E-state index contributed by atoms with van der Waals surface area (Å²) in [5, 5.41) is 10.8. The van der Waals surface area contributed by atoms with Gasteiger partial charge in [0.2, 0.25) is 5.78 Å². The molecular formula is C14H10N2O5. The van der Waals surface area contributed by atoms with Crippen molar-refractivity contribution in [2.24, 2.45) is 0 Å². The van der Waals surface area contributed by atoms with E-state index in [0.717, 1.165) is 0 Å². The van der Waals surface area contributed by atoms with Crippen LogP contribution in [0.3, 0.4) is 0 Å². The number of carbonyl (C=O) groups excluding carboxylic acids is 2. The Balaban J connectivity index is 2.06. The molecule has 7 heteroatoms. The first-order valence-corrected chi connectivity index (χ1v) is 5.93. The quantitative estimate of drug-likeness (QED) is 0.361. The molecule has 0 amide bonds. The largest absolute Gasteiger partial charge is 0.454 e. The molecule has 0 atom stereocenters. The van der Waals surface area contributed by atoms with Crippen LogP contribution < -0.4 is 0 Å². The number of para-hydroxylation sites is 1. The number of hydrogen-bond acceptors (Lipinski definition) is 6. The smallest absolute Gasteiger partial charge is 0.345 e. The number of nitro benzene ring substituents is 1. The first-order chi connectivity index (χ1) is 10.1. The van der Waals surface area contributed by atoms with E-state index in [9.17, 15) is 19.7 Å². The molecule has 1 heterocycles. The third kappa shape index (κ3) is 3.47. The van der Waals surface area contributed by atoms with E-state index in [1.54, 1.807) is 6.07 Å². The maximum atomic E-state index is 11.8. The number of carbonyl (C=O) groups is 2. The lowest BCUT2D eigenvalue weighted by molar-refractivity contribution is -0.385. The van der Waals surface area contributed by atoms with Crippen molar-refractivity contribution in [2.75, 3.05) is 6.61 Å². The van der Waals surface area contributed by atoms with Crippen LogP contribution in [0.5, 0.6) is 0 Å². The van der Waals surface area contributed by atoms with Crippen LogP contribution in [0.15, 0.2) is 48.8 Å². The van der Waals surface area contributed by atoms with E-state index in [4.69, 9.17) is 4.74 Å². The van der Waals surface area contributed by atoms with Crippen LogP contribution in [0.2, 0.25) is 0 Å². The van der Waals surface area contributed by atoms with Crippen molar-refractivity contribution in [3.05, 3.63) is 70.0 Å². The molecule has 21 heavy (non-hydrogen) atoms. The Kier molecular flexibility index (Phi) is 4.35. The fraction of sp³-hybridized carbons (Fsp3) is 0.0714. The lowest BCUT2D eigenvalue weighted by Crippen LogP contribution is -2.15.